The molecule has 0 saturated carbocycles. The van der Waals surface area contributed by atoms with Crippen LogP contribution in [0.15, 0.2) is 42.7 Å². The third kappa shape index (κ3) is 3.94. The first kappa shape index (κ1) is 17.3. The van der Waals surface area contributed by atoms with Crippen molar-refractivity contribution in [3.05, 3.63) is 64.3 Å². The summed E-state index contributed by atoms with van der Waals surface area (Å²) < 4.78 is 0. The molecular weight excluding hydrogens is 330 g/mol. The molecule has 3 aromatic rings. The van der Waals surface area contributed by atoms with Gasteiger partial charge in [-0.25, -0.2) is 4.98 Å². The molecule has 1 amide bonds. The van der Waals surface area contributed by atoms with Crippen LogP contribution >= 0.6 is 11.3 Å². The van der Waals surface area contributed by atoms with E-state index >= 15 is 0 Å². The lowest BCUT2D eigenvalue weighted by molar-refractivity contribution is 0.102. The van der Waals surface area contributed by atoms with Gasteiger partial charge in [0, 0.05) is 22.8 Å². The maximum Gasteiger partial charge on any atom is 0.259 e. The fourth-order valence-electron chi connectivity index (χ4n) is 2.67. The third-order valence-electron chi connectivity index (χ3n) is 3.97. The van der Waals surface area contributed by atoms with Crippen LogP contribution in [0.2, 0.25) is 0 Å². The van der Waals surface area contributed by atoms with Gasteiger partial charge in [0.1, 0.15) is 0 Å². The van der Waals surface area contributed by atoms with Gasteiger partial charge < -0.3 is 0 Å². The van der Waals surface area contributed by atoms with Crippen molar-refractivity contribution < 1.29 is 4.79 Å². The van der Waals surface area contributed by atoms with Crippen LogP contribution < -0.4 is 5.32 Å². The molecule has 0 saturated heterocycles. The second kappa shape index (κ2) is 7.57. The molecule has 128 valence electrons. The van der Waals surface area contributed by atoms with Gasteiger partial charge in [0.2, 0.25) is 0 Å². The van der Waals surface area contributed by atoms with E-state index in [2.05, 4.69) is 49.3 Å². The minimum atomic E-state index is -0.183. The summed E-state index contributed by atoms with van der Waals surface area (Å²) in [6.45, 7) is 6.33. The largest absolute Gasteiger partial charge is 0.298 e. The lowest BCUT2D eigenvalue weighted by atomic mass is 10.0. The Hall–Kier alpha value is -2.53. The first-order valence-corrected chi connectivity index (χ1v) is 9.19. The van der Waals surface area contributed by atoms with Gasteiger partial charge in [0.05, 0.1) is 11.3 Å². The summed E-state index contributed by atoms with van der Waals surface area (Å²) in [4.78, 5) is 22.3. The van der Waals surface area contributed by atoms with E-state index < -0.39 is 0 Å². The Morgan fingerprint density at radius 2 is 2.08 bits per heavy atom. The number of amides is 1. The van der Waals surface area contributed by atoms with Crippen LogP contribution in [0.3, 0.4) is 0 Å². The van der Waals surface area contributed by atoms with E-state index in [0.717, 1.165) is 24.1 Å². The van der Waals surface area contributed by atoms with Crippen molar-refractivity contribution in [1.82, 2.24) is 9.97 Å². The number of aromatic nitrogens is 2. The van der Waals surface area contributed by atoms with Gasteiger partial charge in [0.25, 0.3) is 5.91 Å². The van der Waals surface area contributed by atoms with Crippen LogP contribution in [0.4, 0.5) is 5.13 Å². The fourth-order valence-corrected chi connectivity index (χ4v) is 3.74. The van der Waals surface area contributed by atoms with Gasteiger partial charge in [-0.15, -0.1) is 11.3 Å². The molecule has 0 aliphatic heterocycles. The molecule has 0 aliphatic rings. The molecule has 0 atom stereocenters. The highest BCUT2D eigenvalue weighted by Crippen LogP contribution is 2.34. The summed E-state index contributed by atoms with van der Waals surface area (Å²) >= 11 is 1.55. The van der Waals surface area contributed by atoms with Crippen LogP contribution in [0.25, 0.3) is 11.3 Å². The van der Waals surface area contributed by atoms with Gasteiger partial charge in [-0.05, 0) is 44.0 Å². The number of carbonyl (C=O) groups excluding carboxylic acids is 1. The van der Waals surface area contributed by atoms with Crippen molar-refractivity contribution in [2.45, 2.75) is 33.6 Å². The van der Waals surface area contributed by atoms with Crippen LogP contribution in [0.5, 0.6) is 0 Å². The summed E-state index contributed by atoms with van der Waals surface area (Å²) in [5, 5.41) is 3.54. The molecule has 4 nitrogen and oxygen atoms in total. The summed E-state index contributed by atoms with van der Waals surface area (Å²) in [6, 6.07) is 9.88. The molecule has 2 heterocycles. The van der Waals surface area contributed by atoms with Crippen molar-refractivity contribution >= 4 is 22.4 Å². The highest BCUT2D eigenvalue weighted by atomic mass is 32.1. The molecule has 1 N–H and O–H groups in total. The maximum absolute atomic E-state index is 12.4. The first-order valence-electron chi connectivity index (χ1n) is 8.37. The molecule has 3 rings (SSSR count). The Kier molecular flexibility index (Phi) is 5.24. The number of pyridine rings is 1. The number of nitrogens with zero attached hydrogens (tertiary/aromatic N) is 2. The summed E-state index contributed by atoms with van der Waals surface area (Å²) in [7, 11) is 0. The Bertz CT molecular complexity index is 887. The minimum Gasteiger partial charge on any atom is -0.298 e. The standard InChI is InChI=1S/C20H21N3OS/c1-4-6-17-18(16-11-13(2)8-9-14(16)3)22-20(25-17)23-19(24)15-7-5-10-21-12-15/h5,7-12H,4,6H2,1-3H3,(H,22,23,24). The lowest BCUT2D eigenvalue weighted by Crippen LogP contribution is -2.11. The van der Waals surface area contributed by atoms with Crippen molar-refractivity contribution in [1.29, 1.82) is 0 Å². The fraction of sp³-hybridized carbons (Fsp3) is 0.250. The van der Waals surface area contributed by atoms with Gasteiger partial charge in [0.15, 0.2) is 5.13 Å². The third-order valence-corrected chi connectivity index (χ3v) is 5.00. The van der Waals surface area contributed by atoms with Crippen LogP contribution in [0.1, 0.15) is 39.7 Å². The number of aryl methyl sites for hydroxylation is 3. The predicted molar refractivity (Wildman–Crippen MR) is 103 cm³/mol. The highest BCUT2D eigenvalue weighted by molar-refractivity contribution is 7.16. The molecule has 5 heteroatoms. The molecule has 0 unspecified atom stereocenters. The second-order valence-electron chi connectivity index (χ2n) is 6.06. The number of carbonyl (C=O) groups is 1. The normalized spacial score (nSPS) is 10.7. The van der Waals surface area contributed by atoms with E-state index in [1.54, 1.807) is 35.9 Å². The summed E-state index contributed by atoms with van der Waals surface area (Å²) in [6.07, 6.45) is 5.19. The van der Waals surface area contributed by atoms with Crippen LogP contribution in [0, 0.1) is 13.8 Å². The molecule has 0 aliphatic carbocycles. The zero-order valence-electron chi connectivity index (χ0n) is 14.7. The van der Waals surface area contributed by atoms with Crippen molar-refractivity contribution in [2.24, 2.45) is 0 Å². The number of hydrogen-bond acceptors (Lipinski definition) is 4. The van der Waals surface area contributed by atoms with E-state index in [1.807, 2.05) is 0 Å². The summed E-state index contributed by atoms with van der Waals surface area (Å²) in [5.74, 6) is -0.183. The average Bonchev–Trinajstić information content (AvgIpc) is 3.00. The second-order valence-corrected chi connectivity index (χ2v) is 7.14. The zero-order valence-corrected chi connectivity index (χ0v) is 15.5. The zero-order chi connectivity index (χ0) is 17.8. The molecule has 0 bridgehead atoms. The van der Waals surface area contributed by atoms with Gasteiger partial charge in [-0.3, -0.25) is 15.1 Å². The van der Waals surface area contributed by atoms with Gasteiger partial charge in [-0.1, -0.05) is 31.0 Å². The van der Waals surface area contributed by atoms with E-state index in [0.29, 0.717) is 10.7 Å². The maximum atomic E-state index is 12.4. The number of nitrogens with one attached hydrogen (secondary N) is 1. The van der Waals surface area contributed by atoms with E-state index in [1.165, 1.54) is 16.0 Å². The molecule has 0 fully saturated rings. The van der Waals surface area contributed by atoms with Crippen molar-refractivity contribution in [3.63, 3.8) is 0 Å². The van der Waals surface area contributed by atoms with Crippen molar-refractivity contribution in [3.8, 4) is 11.3 Å². The summed E-state index contributed by atoms with van der Waals surface area (Å²) in [5.41, 5.74) is 5.05. The van der Waals surface area contributed by atoms with E-state index in [-0.39, 0.29) is 5.91 Å². The monoisotopic (exact) mass is 351 g/mol. The molecule has 0 radical (unpaired) electrons. The minimum absolute atomic E-state index is 0.183. The number of hydrogen-bond donors (Lipinski definition) is 1. The molecule has 0 spiro atoms. The van der Waals surface area contributed by atoms with E-state index in [4.69, 9.17) is 4.98 Å². The predicted octanol–water partition coefficient (Wildman–Crippen LogP) is 5.03. The Balaban J connectivity index is 1.95. The topological polar surface area (TPSA) is 54.9 Å². The van der Waals surface area contributed by atoms with Crippen LogP contribution in [-0.4, -0.2) is 15.9 Å². The lowest BCUT2D eigenvalue weighted by Gasteiger charge is -2.06. The number of thiazole rings is 1. The highest BCUT2D eigenvalue weighted by Gasteiger charge is 2.16. The van der Waals surface area contributed by atoms with Crippen molar-refractivity contribution in [2.75, 3.05) is 5.32 Å². The average molecular weight is 351 g/mol. The smallest absolute Gasteiger partial charge is 0.259 e. The number of benzene rings is 1. The number of rotatable bonds is 5. The van der Waals surface area contributed by atoms with Crippen LogP contribution in [-0.2, 0) is 6.42 Å². The number of anilines is 1. The SMILES string of the molecule is CCCc1sc(NC(=O)c2cccnc2)nc1-c1cc(C)ccc1C. The van der Waals surface area contributed by atoms with E-state index in [9.17, 15) is 4.79 Å². The molecule has 25 heavy (non-hydrogen) atoms. The molecule has 2 aromatic heterocycles. The quantitative estimate of drug-likeness (QED) is 0.701. The van der Waals surface area contributed by atoms with Gasteiger partial charge >= 0.3 is 0 Å². The Morgan fingerprint density at radius 1 is 1.24 bits per heavy atom. The Morgan fingerprint density at radius 3 is 2.80 bits per heavy atom. The Labute approximate surface area is 152 Å². The molecule has 1 aromatic carbocycles. The van der Waals surface area contributed by atoms with Gasteiger partial charge in [-0.2, -0.15) is 0 Å². The first-order chi connectivity index (χ1) is 12.1. The molecular formula is C20H21N3OS.